The normalized spacial score (nSPS) is 33.5. The molecule has 21 heavy (non-hydrogen) atoms. The van der Waals surface area contributed by atoms with E-state index in [0.717, 1.165) is 51.7 Å². The third-order valence-corrected chi connectivity index (χ3v) is 6.55. The first-order valence-electron chi connectivity index (χ1n) is 9.02. The molecule has 4 fully saturated rings. The van der Waals surface area contributed by atoms with Crippen LogP contribution in [0.15, 0.2) is 0 Å². The molecule has 0 radical (unpaired) electrons. The smallest absolute Gasteiger partial charge is 0.226 e. The van der Waals surface area contributed by atoms with Gasteiger partial charge < -0.3 is 10.2 Å². The molecule has 4 rings (SSSR count). The molecule has 118 valence electrons. The lowest BCUT2D eigenvalue weighted by molar-refractivity contribution is -0.135. The van der Waals surface area contributed by atoms with E-state index in [0.29, 0.717) is 17.2 Å². The van der Waals surface area contributed by atoms with Crippen LogP contribution in [-0.4, -0.2) is 61.0 Å². The summed E-state index contributed by atoms with van der Waals surface area (Å²) in [6.07, 6.45) is 9.16. The number of amides is 1. The fourth-order valence-electron chi connectivity index (χ4n) is 4.97. The Labute approximate surface area is 128 Å². The van der Waals surface area contributed by atoms with Crippen LogP contribution in [0.3, 0.4) is 0 Å². The summed E-state index contributed by atoms with van der Waals surface area (Å²) in [5.74, 6) is 0.834. The number of carbonyl (C=O) groups is 1. The first-order chi connectivity index (χ1) is 10.3. The minimum Gasteiger partial charge on any atom is -0.340 e. The lowest BCUT2D eigenvalue weighted by Crippen LogP contribution is -2.52. The first kappa shape index (κ1) is 14.0. The van der Waals surface area contributed by atoms with Gasteiger partial charge in [-0.25, -0.2) is 0 Å². The summed E-state index contributed by atoms with van der Waals surface area (Å²) < 4.78 is 0. The standard InChI is InChI=1S/C17H29N3O/c21-16(15-13-17(15)5-7-18-8-6-17)20-11-9-19(10-12-20)14-3-1-2-4-14/h14-15,18H,1-13H2. The fourth-order valence-corrected chi connectivity index (χ4v) is 4.97. The van der Waals surface area contributed by atoms with E-state index in [1.54, 1.807) is 0 Å². The van der Waals surface area contributed by atoms with E-state index < -0.39 is 0 Å². The predicted molar refractivity (Wildman–Crippen MR) is 83.1 cm³/mol. The molecule has 2 saturated carbocycles. The van der Waals surface area contributed by atoms with E-state index in [1.165, 1.54) is 38.5 Å². The summed E-state index contributed by atoms with van der Waals surface area (Å²) in [6.45, 7) is 6.38. The van der Waals surface area contributed by atoms with Gasteiger partial charge in [0.15, 0.2) is 0 Å². The largest absolute Gasteiger partial charge is 0.340 e. The van der Waals surface area contributed by atoms with Crippen LogP contribution < -0.4 is 5.32 Å². The molecule has 1 atom stereocenters. The Balaban J connectivity index is 1.29. The number of hydrogen-bond acceptors (Lipinski definition) is 3. The molecule has 2 aliphatic carbocycles. The van der Waals surface area contributed by atoms with E-state index >= 15 is 0 Å². The Morgan fingerprint density at radius 1 is 1.00 bits per heavy atom. The van der Waals surface area contributed by atoms with Gasteiger partial charge in [-0.05, 0) is 50.6 Å². The van der Waals surface area contributed by atoms with Gasteiger partial charge in [-0.15, -0.1) is 0 Å². The van der Waals surface area contributed by atoms with E-state index in [4.69, 9.17) is 0 Å². The van der Waals surface area contributed by atoms with Gasteiger partial charge in [-0.2, -0.15) is 0 Å². The minimum atomic E-state index is 0.359. The number of piperazine rings is 1. The van der Waals surface area contributed by atoms with Crippen LogP contribution in [0, 0.1) is 11.3 Å². The molecule has 4 heteroatoms. The summed E-state index contributed by atoms with van der Waals surface area (Å²) in [6, 6.07) is 0.818. The van der Waals surface area contributed by atoms with Crippen molar-refractivity contribution in [3.8, 4) is 0 Å². The molecule has 4 aliphatic rings. The molecule has 0 bridgehead atoms. The molecule has 1 N–H and O–H groups in total. The Hall–Kier alpha value is -0.610. The van der Waals surface area contributed by atoms with Crippen LogP contribution >= 0.6 is 0 Å². The zero-order valence-electron chi connectivity index (χ0n) is 13.1. The quantitative estimate of drug-likeness (QED) is 0.837. The number of nitrogens with zero attached hydrogens (tertiary/aromatic N) is 2. The molecule has 1 amide bonds. The SMILES string of the molecule is O=C(C1CC12CCNCC2)N1CCN(C2CCCC2)CC1. The predicted octanol–water partition coefficient (Wildman–Crippen LogP) is 1.46. The summed E-state index contributed by atoms with van der Waals surface area (Å²) in [5, 5.41) is 3.42. The Morgan fingerprint density at radius 2 is 1.67 bits per heavy atom. The topological polar surface area (TPSA) is 35.6 Å². The second-order valence-electron chi connectivity index (χ2n) is 7.67. The highest BCUT2D eigenvalue weighted by Gasteiger charge is 2.58. The Bertz CT molecular complexity index is 391. The molecule has 0 aromatic heterocycles. The number of hydrogen-bond donors (Lipinski definition) is 1. The van der Waals surface area contributed by atoms with E-state index in [2.05, 4.69) is 15.1 Å². The average Bonchev–Trinajstić information content (AvgIpc) is 2.99. The molecular weight excluding hydrogens is 262 g/mol. The van der Waals surface area contributed by atoms with Crippen molar-refractivity contribution in [3.05, 3.63) is 0 Å². The van der Waals surface area contributed by atoms with Gasteiger partial charge in [0.1, 0.15) is 0 Å². The second kappa shape index (κ2) is 5.54. The molecule has 0 aromatic carbocycles. The molecule has 2 saturated heterocycles. The average molecular weight is 291 g/mol. The van der Waals surface area contributed by atoms with Crippen molar-refractivity contribution in [1.29, 1.82) is 0 Å². The van der Waals surface area contributed by atoms with Crippen LogP contribution in [0.4, 0.5) is 0 Å². The van der Waals surface area contributed by atoms with Crippen molar-refractivity contribution in [2.75, 3.05) is 39.3 Å². The summed E-state index contributed by atoms with van der Waals surface area (Å²) in [7, 11) is 0. The van der Waals surface area contributed by atoms with E-state index in [-0.39, 0.29) is 0 Å². The lowest BCUT2D eigenvalue weighted by atomic mass is 9.91. The molecule has 0 aromatic rings. The third kappa shape index (κ3) is 2.61. The number of nitrogens with one attached hydrogen (secondary N) is 1. The molecule has 1 spiro atoms. The maximum Gasteiger partial charge on any atom is 0.226 e. The number of carbonyl (C=O) groups excluding carboxylic acids is 1. The van der Waals surface area contributed by atoms with E-state index in [1.807, 2.05) is 0 Å². The van der Waals surface area contributed by atoms with Gasteiger partial charge >= 0.3 is 0 Å². The highest BCUT2D eigenvalue weighted by molar-refractivity contribution is 5.83. The van der Waals surface area contributed by atoms with Gasteiger partial charge in [0.2, 0.25) is 5.91 Å². The first-order valence-corrected chi connectivity index (χ1v) is 9.02. The monoisotopic (exact) mass is 291 g/mol. The van der Waals surface area contributed by atoms with Crippen molar-refractivity contribution in [2.45, 2.75) is 51.0 Å². The molecular formula is C17H29N3O. The van der Waals surface area contributed by atoms with Crippen LogP contribution in [-0.2, 0) is 4.79 Å². The van der Waals surface area contributed by atoms with E-state index in [9.17, 15) is 4.79 Å². The summed E-state index contributed by atoms with van der Waals surface area (Å²) in [4.78, 5) is 17.6. The van der Waals surface area contributed by atoms with Crippen molar-refractivity contribution in [2.24, 2.45) is 11.3 Å². The van der Waals surface area contributed by atoms with Crippen molar-refractivity contribution in [1.82, 2.24) is 15.1 Å². The van der Waals surface area contributed by atoms with Crippen LogP contribution in [0.25, 0.3) is 0 Å². The van der Waals surface area contributed by atoms with Crippen LogP contribution in [0.1, 0.15) is 44.9 Å². The highest BCUT2D eigenvalue weighted by Crippen LogP contribution is 2.59. The van der Waals surface area contributed by atoms with Gasteiger partial charge in [-0.3, -0.25) is 9.69 Å². The molecule has 2 heterocycles. The number of piperidine rings is 1. The third-order valence-electron chi connectivity index (χ3n) is 6.55. The minimum absolute atomic E-state index is 0.359. The van der Waals surface area contributed by atoms with Crippen molar-refractivity contribution in [3.63, 3.8) is 0 Å². The maximum absolute atomic E-state index is 12.7. The Kier molecular flexibility index (Phi) is 3.70. The van der Waals surface area contributed by atoms with Gasteiger partial charge in [0.05, 0.1) is 0 Å². The molecule has 2 aliphatic heterocycles. The summed E-state index contributed by atoms with van der Waals surface area (Å²) in [5.41, 5.74) is 0.394. The van der Waals surface area contributed by atoms with Gasteiger partial charge in [-0.1, -0.05) is 12.8 Å². The van der Waals surface area contributed by atoms with Gasteiger partial charge in [0, 0.05) is 38.1 Å². The van der Waals surface area contributed by atoms with Crippen LogP contribution in [0.5, 0.6) is 0 Å². The summed E-state index contributed by atoms with van der Waals surface area (Å²) >= 11 is 0. The van der Waals surface area contributed by atoms with Gasteiger partial charge in [0.25, 0.3) is 0 Å². The maximum atomic E-state index is 12.7. The second-order valence-corrected chi connectivity index (χ2v) is 7.67. The zero-order valence-corrected chi connectivity index (χ0v) is 13.1. The van der Waals surface area contributed by atoms with Crippen molar-refractivity contribution < 1.29 is 4.79 Å². The van der Waals surface area contributed by atoms with Crippen LogP contribution in [0.2, 0.25) is 0 Å². The van der Waals surface area contributed by atoms with Crippen molar-refractivity contribution >= 4 is 5.91 Å². The number of rotatable bonds is 2. The molecule has 1 unspecified atom stereocenters. The highest BCUT2D eigenvalue weighted by atomic mass is 16.2. The Morgan fingerprint density at radius 3 is 2.33 bits per heavy atom. The lowest BCUT2D eigenvalue weighted by Gasteiger charge is -2.38. The molecule has 4 nitrogen and oxygen atoms in total. The fraction of sp³-hybridized carbons (Fsp3) is 0.941. The zero-order chi connectivity index (χ0) is 14.3.